The second-order valence-corrected chi connectivity index (χ2v) is 14.7. The van der Waals surface area contributed by atoms with Gasteiger partial charge in [0, 0.05) is 25.4 Å². The normalized spacial score (nSPS) is 14.3. The lowest BCUT2D eigenvalue weighted by Gasteiger charge is -2.38. The minimum absolute atomic E-state index is 0.0214. The highest BCUT2D eigenvalue weighted by atomic mass is 16.5. The van der Waals surface area contributed by atoms with Crippen molar-refractivity contribution in [1.29, 1.82) is 0 Å². The summed E-state index contributed by atoms with van der Waals surface area (Å²) in [6.07, 6.45) is 32.4. The maximum atomic E-state index is 12.7. The molecule has 0 amide bonds. The maximum Gasteiger partial charge on any atom is 0.306 e. The van der Waals surface area contributed by atoms with Gasteiger partial charge in [-0.2, -0.15) is 0 Å². The summed E-state index contributed by atoms with van der Waals surface area (Å²) in [6.45, 7) is 10.1. The highest BCUT2D eigenvalue weighted by molar-refractivity contribution is 5.69. The van der Waals surface area contributed by atoms with E-state index in [0.717, 1.165) is 64.7 Å². The molecule has 7 heteroatoms. The molecule has 284 valence electrons. The first-order valence-electron chi connectivity index (χ1n) is 20.9. The molecule has 1 aliphatic heterocycles. The van der Waals surface area contributed by atoms with Crippen molar-refractivity contribution in [2.75, 3.05) is 46.4 Å². The Labute approximate surface area is 297 Å². The van der Waals surface area contributed by atoms with E-state index in [9.17, 15) is 14.7 Å². The average Bonchev–Trinajstić information content (AvgIpc) is 3.09. The van der Waals surface area contributed by atoms with Crippen LogP contribution in [0.3, 0.4) is 0 Å². The predicted octanol–water partition coefficient (Wildman–Crippen LogP) is 10.0. The Bertz CT molecular complexity index is 712. The highest BCUT2D eigenvalue weighted by Gasteiger charge is 2.24. The molecule has 1 saturated heterocycles. The Kier molecular flexibility index (Phi) is 30.8. The molecule has 0 aromatic rings. The molecule has 0 bridgehead atoms. The third kappa shape index (κ3) is 25.7. The van der Waals surface area contributed by atoms with Gasteiger partial charge in [-0.3, -0.25) is 14.5 Å². The lowest BCUT2D eigenvalue weighted by Crippen LogP contribution is -2.46. The molecule has 0 saturated carbocycles. The first kappa shape index (κ1) is 44.8. The molecular weight excluding hydrogens is 600 g/mol. The van der Waals surface area contributed by atoms with Crippen LogP contribution in [0.15, 0.2) is 0 Å². The fourth-order valence-corrected chi connectivity index (χ4v) is 7.28. The molecule has 48 heavy (non-hydrogen) atoms. The standard InChI is InChI=1S/C41H80N2O5/c1-4-6-8-10-14-20-26-39(27-21-15-11-9-7-5-2)48-41(46)29-23-17-13-19-25-33-43(36-37-44)38-30-34-42(35-31-38)32-24-18-12-16-22-28-40(45)47-3/h38-39,44H,4-37H2,1-3H3. The number of esters is 2. The summed E-state index contributed by atoms with van der Waals surface area (Å²) in [7, 11) is 1.46. The van der Waals surface area contributed by atoms with Crippen LogP contribution in [0.1, 0.15) is 194 Å². The quantitative estimate of drug-likeness (QED) is 0.0535. The second kappa shape index (κ2) is 33.0. The van der Waals surface area contributed by atoms with Gasteiger partial charge >= 0.3 is 11.9 Å². The zero-order valence-corrected chi connectivity index (χ0v) is 32.2. The smallest absolute Gasteiger partial charge is 0.306 e. The molecule has 0 radical (unpaired) electrons. The van der Waals surface area contributed by atoms with Gasteiger partial charge in [-0.1, -0.05) is 117 Å². The molecule has 0 aromatic carbocycles. The van der Waals surface area contributed by atoms with Gasteiger partial charge in [0.1, 0.15) is 6.10 Å². The van der Waals surface area contributed by atoms with E-state index in [-0.39, 0.29) is 24.6 Å². The van der Waals surface area contributed by atoms with Crippen molar-refractivity contribution >= 4 is 11.9 Å². The number of carbonyl (C=O) groups is 2. The van der Waals surface area contributed by atoms with Crippen molar-refractivity contribution in [3.05, 3.63) is 0 Å². The van der Waals surface area contributed by atoms with Crippen LogP contribution in [0.4, 0.5) is 0 Å². The molecule has 1 fully saturated rings. The van der Waals surface area contributed by atoms with Crippen LogP contribution >= 0.6 is 0 Å². The van der Waals surface area contributed by atoms with Crippen LogP contribution in [0, 0.1) is 0 Å². The minimum atomic E-state index is -0.0946. The van der Waals surface area contributed by atoms with E-state index in [1.807, 2.05) is 0 Å². The number of aliphatic hydroxyl groups excluding tert-OH is 1. The average molecular weight is 681 g/mol. The van der Waals surface area contributed by atoms with Crippen LogP contribution in [0.5, 0.6) is 0 Å². The minimum Gasteiger partial charge on any atom is -0.469 e. The summed E-state index contributed by atoms with van der Waals surface area (Å²) in [5.74, 6) is -0.0732. The van der Waals surface area contributed by atoms with Gasteiger partial charge in [-0.05, 0) is 90.4 Å². The third-order valence-electron chi connectivity index (χ3n) is 10.4. The van der Waals surface area contributed by atoms with E-state index >= 15 is 0 Å². The van der Waals surface area contributed by atoms with Crippen molar-refractivity contribution in [1.82, 2.24) is 9.80 Å². The topological polar surface area (TPSA) is 79.3 Å². The van der Waals surface area contributed by atoms with Gasteiger partial charge in [0.15, 0.2) is 0 Å². The molecule has 0 spiro atoms. The lowest BCUT2D eigenvalue weighted by molar-refractivity contribution is -0.150. The number of likely N-dealkylation sites (tertiary alicyclic amines) is 1. The Morgan fingerprint density at radius 1 is 0.646 bits per heavy atom. The number of rotatable bonds is 34. The maximum absolute atomic E-state index is 12.7. The van der Waals surface area contributed by atoms with Crippen LogP contribution < -0.4 is 0 Å². The van der Waals surface area contributed by atoms with Crippen molar-refractivity contribution < 1.29 is 24.2 Å². The van der Waals surface area contributed by atoms with E-state index in [0.29, 0.717) is 18.9 Å². The van der Waals surface area contributed by atoms with Crippen molar-refractivity contribution in [2.45, 2.75) is 206 Å². The van der Waals surface area contributed by atoms with Crippen molar-refractivity contribution in [3.63, 3.8) is 0 Å². The van der Waals surface area contributed by atoms with E-state index < -0.39 is 0 Å². The number of ether oxygens (including phenoxy) is 2. The fraction of sp³-hybridized carbons (Fsp3) is 0.951. The third-order valence-corrected chi connectivity index (χ3v) is 10.4. The largest absolute Gasteiger partial charge is 0.469 e. The molecule has 1 aliphatic rings. The summed E-state index contributed by atoms with van der Waals surface area (Å²) in [5, 5.41) is 9.72. The van der Waals surface area contributed by atoms with Crippen LogP contribution in [0.25, 0.3) is 0 Å². The van der Waals surface area contributed by atoms with Crippen molar-refractivity contribution in [3.8, 4) is 0 Å². The van der Waals surface area contributed by atoms with Gasteiger partial charge < -0.3 is 19.5 Å². The first-order chi connectivity index (χ1) is 23.5. The summed E-state index contributed by atoms with van der Waals surface area (Å²) in [6, 6.07) is 0.585. The molecule has 0 atom stereocenters. The van der Waals surface area contributed by atoms with E-state index in [1.165, 1.54) is 142 Å². The lowest BCUT2D eigenvalue weighted by atomic mass is 10.0. The van der Waals surface area contributed by atoms with Gasteiger partial charge in [0.2, 0.25) is 0 Å². The zero-order chi connectivity index (χ0) is 34.9. The van der Waals surface area contributed by atoms with Gasteiger partial charge in [0.05, 0.1) is 13.7 Å². The van der Waals surface area contributed by atoms with Crippen molar-refractivity contribution in [2.24, 2.45) is 0 Å². The number of hydrogen-bond donors (Lipinski definition) is 1. The van der Waals surface area contributed by atoms with Gasteiger partial charge in [-0.15, -0.1) is 0 Å². The molecular formula is C41H80N2O5. The van der Waals surface area contributed by atoms with Crippen LogP contribution in [-0.2, 0) is 19.1 Å². The summed E-state index contributed by atoms with van der Waals surface area (Å²) in [4.78, 5) is 29.1. The predicted molar refractivity (Wildman–Crippen MR) is 201 cm³/mol. The number of methoxy groups -OCH3 is 1. The molecule has 0 aromatic heterocycles. The molecule has 7 nitrogen and oxygen atoms in total. The Morgan fingerprint density at radius 3 is 1.67 bits per heavy atom. The van der Waals surface area contributed by atoms with Crippen LogP contribution in [-0.4, -0.2) is 85.4 Å². The van der Waals surface area contributed by atoms with E-state index in [2.05, 4.69) is 23.6 Å². The highest BCUT2D eigenvalue weighted by Crippen LogP contribution is 2.20. The number of unbranched alkanes of at least 4 members (excludes halogenated alkanes) is 18. The molecule has 1 heterocycles. The fourth-order valence-electron chi connectivity index (χ4n) is 7.28. The molecule has 0 aliphatic carbocycles. The number of aliphatic hydroxyl groups is 1. The second-order valence-electron chi connectivity index (χ2n) is 14.7. The molecule has 1 N–H and O–H groups in total. The number of hydrogen-bond acceptors (Lipinski definition) is 7. The summed E-state index contributed by atoms with van der Waals surface area (Å²) in [5.41, 5.74) is 0. The summed E-state index contributed by atoms with van der Waals surface area (Å²) >= 11 is 0. The Morgan fingerprint density at radius 2 is 1.12 bits per heavy atom. The number of carbonyl (C=O) groups excluding carboxylic acids is 2. The Hall–Kier alpha value is -1.18. The monoisotopic (exact) mass is 681 g/mol. The Balaban J connectivity index is 2.19. The van der Waals surface area contributed by atoms with E-state index in [4.69, 9.17) is 9.47 Å². The number of piperidine rings is 1. The molecule has 1 rings (SSSR count). The number of nitrogens with zero attached hydrogens (tertiary/aromatic N) is 2. The SMILES string of the molecule is CCCCCCCCC(CCCCCCCC)OC(=O)CCCCCCCN(CCO)C1CCN(CCCCCCCC(=O)OC)CC1. The molecule has 0 unspecified atom stereocenters. The summed E-state index contributed by atoms with van der Waals surface area (Å²) < 4.78 is 10.7. The van der Waals surface area contributed by atoms with Gasteiger partial charge in [-0.25, -0.2) is 0 Å². The van der Waals surface area contributed by atoms with Gasteiger partial charge in [0.25, 0.3) is 0 Å². The van der Waals surface area contributed by atoms with Crippen LogP contribution in [0.2, 0.25) is 0 Å². The van der Waals surface area contributed by atoms with E-state index in [1.54, 1.807) is 0 Å². The zero-order valence-electron chi connectivity index (χ0n) is 32.2. The first-order valence-corrected chi connectivity index (χ1v) is 20.9.